The first kappa shape index (κ1) is 33.1. The monoisotopic (exact) mass is 545 g/mol. The topological polar surface area (TPSA) is 124 Å². The highest BCUT2D eigenvalue weighted by atomic mass is 32.2. The number of amides is 1. The van der Waals surface area contributed by atoms with Gasteiger partial charge in [-0.25, -0.2) is 8.42 Å². The van der Waals surface area contributed by atoms with Gasteiger partial charge in [0.1, 0.15) is 10.1 Å². The second-order valence-corrected chi connectivity index (χ2v) is 10.8. The molecule has 0 radical (unpaired) electrons. The molecule has 0 heterocycles. The summed E-state index contributed by atoms with van der Waals surface area (Å²) in [4.78, 5) is 15.1. The molecular weight excluding hydrogens is 502 g/mol. The number of unbranched alkanes of at least 4 members (excludes halogenated alkanes) is 11. The van der Waals surface area contributed by atoms with Crippen LogP contribution >= 0.6 is 0 Å². The third kappa shape index (κ3) is 14.1. The molecule has 2 aromatic rings. The standard InChI is InChI=1S/C22H35N3O2.C7H8O3S/c1-3-4-5-6-7-8-9-10-11-12-13-14-17-24-22(26)19-15-16-21(27-2)20(18-19)25-23;1-6-2-4-7(5-3-6)11(8,9)10/h15-16,18H,3-14,17H2,1-2H3;2-5H,1H3,(H,8,9,10). The van der Waals surface area contributed by atoms with E-state index in [1.807, 2.05) is 6.92 Å². The van der Waals surface area contributed by atoms with Gasteiger partial charge >= 0.3 is 5.69 Å². The third-order valence-electron chi connectivity index (χ3n) is 6.17. The van der Waals surface area contributed by atoms with Gasteiger partial charge < -0.3 is 14.6 Å². The van der Waals surface area contributed by atoms with Crippen LogP contribution in [0.5, 0.6) is 5.75 Å². The zero-order valence-corrected chi connectivity index (χ0v) is 23.9. The van der Waals surface area contributed by atoms with Crippen LogP contribution < -0.4 is 10.1 Å². The maximum atomic E-state index is 12.1. The lowest BCUT2D eigenvalue weighted by molar-refractivity contribution is 0.0953. The van der Waals surface area contributed by atoms with Crippen LogP contribution in [0, 0.1) is 12.3 Å². The Kier molecular flexibility index (Phi) is 16.7. The van der Waals surface area contributed by atoms with Crippen LogP contribution in [0.25, 0.3) is 4.98 Å². The van der Waals surface area contributed by atoms with Crippen molar-refractivity contribution < 1.29 is 22.5 Å². The highest BCUT2D eigenvalue weighted by Gasteiger charge is 2.18. The third-order valence-corrected chi connectivity index (χ3v) is 7.02. The van der Waals surface area contributed by atoms with Gasteiger partial charge in [0.25, 0.3) is 5.91 Å². The van der Waals surface area contributed by atoms with E-state index in [-0.39, 0.29) is 16.5 Å². The summed E-state index contributed by atoms with van der Waals surface area (Å²) in [5.74, 6) is 0.292. The van der Waals surface area contributed by atoms with Crippen molar-refractivity contribution in [1.29, 1.82) is 5.39 Å². The number of nitrogens with one attached hydrogen (secondary N) is 1. The predicted molar refractivity (Wildman–Crippen MR) is 150 cm³/mol. The summed E-state index contributed by atoms with van der Waals surface area (Å²) in [5.41, 5.74) is 1.66. The molecule has 1 amide bonds. The Morgan fingerprint density at radius 2 is 1.42 bits per heavy atom. The molecule has 9 heteroatoms. The van der Waals surface area contributed by atoms with Crippen molar-refractivity contribution >= 4 is 21.7 Å². The number of methoxy groups -OCH3 is 1. The lowest BCUT2D eigenvalue weighted by Crippen LogP contribution is -2.24. The van der Waals surface area contributed by atoms with E-state index >= 15 is 0 Å². The van der Waals surface area contributed by atoms with Gasteiger partial charge in [0.15, 0.2) is 4.98 Å². The minimum Gasteiger partial charge on any atom is -0.744 e. The second-order valence-electron chi connectivity index (χ2n) is 9.40. The lowest BCUT2D eigenvalue weighted by atomic mass is 10.1. The first-order chi connectivity index (χ1) is 18.2. The maximum absolute atomic E-state index is 12.1. The Labute approximate surface area is 228 Å². The zero-order valence-electron chi connectivity index (χ0n) is 23.1. The first-order valence-electron chi connectivity index (χ1n) is 13.6. The minimum absolute atomic E-state index is 0.148. The predicted octanol–water partition coefficient (Wildman–Crippen LogP) is 7.51. The van der Waals surface area contributed by atoms with E-state index in [9.17, 15) is 17.8 Å². The van der Waals surface area contributed by atoms with E-state index in [0.717, 1.165) is 18.4 Å². The van der Waals surface area contributed by atoms with Gasteiger partial charge in [-0.05, 0) is 37.6 Å². The molecule has 210 valence electrons. The molecule has 38 heavy (non-hydrogen) atoms. The Morgan fingerprint density at radius 3 is 1.89 bits per heavy atom. The number of carbonyl (C=O) groups is 1. The highest BCUT2D eigenvalue weighted by molar-refractivity contribution is 7.85. The molecule has 0 aliphatic rings. The Morgan fingerprint density at radius 1 is 0.895 bits per heavy atom. The minimum atomic E-state index is -4.27. The average molecular weight is 546 g/mol. The molecule has 1 N–H and O–H groups in total. The molecule has 0 saturated heterocycles. The van der Waals surface area contributed by atoms with Crippen LogP contribution in [0.15, 0.2) is 47.4 Å². The molecule has 0 atom stereocenters. The maximum Gasteiger partial charge on any atom is 0.427 e. The van der Waals surface area contributed by atoms with Crippen molar-refractivity contribution in [2.45, 2.75) is 95.8 Å². The summed E-state index contributed by atoms with van der Waals surface area (Å²) in [6, 6.07) is 10.6. The number of aryl methyl sites for hydroxylation is 1. The molecule has 8 nitrogen and oxygen atoms in total. The van der Waals surface area contributed by atoms with E-state index in [1.165, 1.54) is 89.5 Å². The van der Waals surface area contributed by atoms with Gasteiger partial charge in [0.2, 0.25) is 11.1 Å². The van der Waals surface area contributed by atoms with E-state index in [1.54, 1.807) is 24.3 Å². The number of diazo groups is 1. The van der Waals surface area contributed by atoms with E-state index < -0.39 is 10.1 Å². The second kappa shape index (κ2) is 19.2. The number of carbonyl (C=O) groups excluding carboxylic acids is 1. The fraction of sp³-hybridized carbons (Fsp3) is 0.552. The summed E-state index contributed by atoms with van der Waals surface area (Å²) in [6.45, 7) is 4.75. The van der Waals surface area contributed by atoms with Crippen LogP contribution in [0.1, 0.15) is 99.9 Å². The smallest absolute Gasteiger partial charge is 0.427 e. The van der Waals surface area contributed by atoms with E-state index in [0.29, 0.717) is 17.9 Å². The number of nitrogens with zero attached hydrogens (tertiary/aromatic N) is 2. The first-order valence-corrected chi connectivity index (χ1v) is 15.0. The van der Waals surface area contributed by atoms with Gasteiger partial charge in [0, 0.05) is 12.1 Å². The van der Waals surface area contributed by atoms with Crippen molar-refractivity contribution in [1.82, 2.24) is 5.32 Å². The van der Waals surface area contributed by atoms with Crippen LogP contribution in [0.3, 0.4) is 0 Å². The summed E-state index contributed by atoms with van der Waals surface area (Å²) in [7, 11) is -2.77. The summed E-state index contributed by atoms with van der Waals surface area (Å²) in [5, 5.41) is 11.9. The summed E-state index contributed by atoms with van der Waals surface area (Å²) in [6.07, 6.45) is 15.6. The molecule has 2 rings (SSSR count). The Balaban J connectivity index is 0.000000544. The number of rotatable bonds is 16. The van der Waals surface area contributed by atoms with Crippen molar-refractivity contribution in [3.05, 3.63) is 58.6 Å². The quantitative estimate of drug-likeness (QED) is 0.132. The number of benzene rings is 2. The fourth-order valence-corrected chi connectivity index (χ4v) is 4.35. The van der Waals surface area contributed by atoms with Crippen molar-refractivity contribution in [2.75, 3.05) is 13.7 Å². The lowest BCUT2D eigenvalue weighted by Gasteiger charge is -2.06. The van der Waals surface area contributed by atoms with Gasteiger partial charge in [-0.15, -0.1) is 0 Å². The summed E-state index contributed by atoms with van der Waals surface area (Å²) >= 11 is 0. The number of hydrogen-bond acceptors (Lipinski definition) is 6. The molecular formula is C29H43N3O5S. The SMILES string of the molecule is CCCCCCCCCCCCCCNC(=O)c1ccc(OC)c([N+]#N)c1.Cc1ccc(S(=O)(=O)[O-])cc1. The molecule has 0 bridgehead atoms. The molecule has 0 aliphatic heterocycles. The summed E-state index contributed by atoms with van der Waals surface area (Å²) < 4.78 is 36.2. The molecule has 0 fully saturated rings. The van der Waals surface area contributed by atoms with Crippen LogP contribution in [0.4, 0.5) is 5.69 Å². The van der Waals surface area contributed by atoms with Gasteiger partial charge in [-0.2, -0.15) is 0 Å². The molecule has 0 unspecified atom stereocenters. The van der Waals surface area contributed by atoms with Gasteiger partial charge in [-0.3, -0.25) is 4.79 Å². The average Bonchev–Trinajstić information content (AvgIpc) is 2.90. The van der Waals surface area contributed by atoms with Gasteiger partial charge in [-0.1, -0.05) is 95.2 Å². The number of ether oxygens (including phenoxy) is 1. The molecule has 0 saturated carbocycles. The molecule has 0 spiro atoms. The normalized spacial score (nSPS) is 10.7. The molecule has 2 aromatic carbocycles. The highest BCUT2D eigenvalue weighted by Crippen LogP contribution is 2.28. The zero-order chi connectivity index (χ0) is 28.2. The fourth-order valence-electron chi connectivity index (χ4n) is 3.88. The van der Waals surface area contributed by atoms with Crippen molar-refractivity contribution in [2.24, 2.45) is 0 Å². The van der Waals surface area contributed by atoms with E-state index in [2.05, 4.69) is 17.2 Å². The largest absolute Gasteiger partial charge is 0.744 e. The van der Waals surface area contributed by atoms with Crippen LogP contribution in [0.2, 0.25) is 0 Å². The number of hydrogen-bond donors (Lipinski definition) is 1. The van der Waals surface area contributed by atoms with Crippen molar-refractivity contribution in [3.8, 4) is 5.75 Å². The van der Waals surface area contributed by atoms with E-state index in [4.69, 9.17) is 10.1 Å². The van der Waals surface area contributed by atoms with Crippen molar-refractivity contribution in [3.63, 3.8) is 0 Å². The van der Waals surface area contributed by atoms with Gasteiger partial charge in [0.05, 0.1) is 18.1 Å². The van der Waals surface area contributed by atoms with Crippen LogP contribution in [-0.2, 0) is 10.1 Å². The molecule has 0 aromatic heterocycles. The molecule has 0 aliphatic carbocycles. The Hall–Kier alpha value is -2.96. The Bertz CT molecular complexity index is 1100. The van der Waals surface area contributed by atoms with Crippen LogP contribution in [-0.4, -0.2) is 32.5 Å².